The van der Waals surface area contributed by atoms with Crippen LogP contribution in [-0.2, 0) is 27.4 Å². The number of primary amides is 1. The third-order valence-corrected chi connectivity index (χ3v) is 8.22. The quantitative estimate of drug-likeness (QED) is 0.445. The van der Waals surface area contributed by atoms with E-state index in [1.54, 1.807) is 49.4 Å². The van der Waals surface area contributed by atoms with Gasteiger partial charge in [-0.3, -0.25) is 9.59 Å². The second-order valence-corrected chi connectivity index (χ2v) is 10.6. The molecule has 0 aromatic heterocycles. The fourth-order valence-corrected chi connectivity index (χ4v) is 5.16. The molecular weight excluding hydrogens is 491 g/mol. The lowest BCUT2D eigenvalue weighted by Crippen LogP contribution is -2.51. The van der Waals surface area contributed by atoms with Crippen molar-refractivity contribution >= 4 is 41.0 Å². The minimum Gasteiger partial charge on any atom is -0.489 e. The molecule has 0 aliphatic heterocycles. The third kappa shape index (κ3) is 5.57. The summed E-state index contributed by atoms with van der Waals surface area (Å²) in [7, 11) is 0. The van der Waals surface area contributed by atoms with Gasteiger partial charge in [-0.2, -0.15) is 0 Å². The maximum Gasteiger partial charge on any atom is 0.326 e. The molecule has 0 unspecified atom stereocenters. The Morgan fingerprint density at radius 3 is 2.23 bits per heavy atom. The molecule has 1 aliphatic rings. The van der Waals surface area contributed by atoms with Gasteiger partial charge in [-0.05, 0) is 48.1 Å². The van der Waals surface area contributed by atoms with Crippen molar-refractivity contribution in [3.05, 3.63) is 63.6 Å². The number of nitrogens with one attached hydrogen (secondary N) is 1. The summed E-state index contributed by atoms with van der Waals surface area (Å²) >= 11 is 12.3. The highest BCUT2D eigenvalue weighted by molar-refractivity contribution is 6.35. The standard InChI is InChI=1S/C26H30Cl2N2O5/c1-25(2)18(11-12-26(25,3)24(29)34)22(31)30-21(23(32)33)13-15-7-9-16(10-8-15)35-14-17-19(27)5-4-6-20(17)28/h4-10,18,21H,11-14H2,1-3H3,(H2,29,34)(H,30,31)(H,32,33)/t18-,21-,26+/m0/s1. The van der Waals surface area contributed by atoms with E-state index in [1.165, 1.54) is 0 Å². The summed E-state index contributed by atoms with van der Waals surface area (Å²) in [5.41, 5.74) is 5.47. The Hall–Kier alpha value is -2.77. The predicted octanol–water partition coefficient (Wildman–Crippen LogP) is 4.61. The molecule has 0 saturated heterocycles. The number of carbonyl (C=O) groups is 3. The molecule has 0 radical (unpaired) electrons. The number of amides is 2. The van der Waals surface area contributed by atoms with Gasteiger partial charge in [-0.1, -0.05) is 62.2 Å². The molecule has 188 valence electrons. The summed E-state index contributed by atoms with van der Waals surface area (Å²) in [5.74, 6) is -1.93. The summed E-state index contributed by atoms with van der Waals surface area (Å²) < 4.78 is 5.76. The normalized spacial score (nSPS) is 21.8. The lowest BCUT2D eigenvalue weighted by Gasteiger charge is -2.39. The first-order chi connectivity index (χ1) is 16.4. The monoisotopic (exact) mass is 520 g/mol. The van der Waals surface area contributed by atoms with E-state index in [0.717, 1.165) is 0 Å². The van der Waals surface area contributed by atoms with Gasteiger partial charge in [0.05, 0.1) is 5.41 Å². The molecule has 7 nitrogen and oxygen atoms in total. The number of nitrogens with two attached hydrogens (primary N) is 1. The van der Waals surface area contributed by atoms with E-state index in [9.17, 15) is 19.5 Å². The van der Waals surface area contributed by atoms with Crippen LogP contribution in [0.5, 0.6) is 5.75 Å². The van der Waals surface area contributed by atoms with Crippen molar-refractivity contribution in [2.75, 3.05) is 0 Å². The van der Waals surface area contributed by atoms with Crippen LogP contribution < -0.4 is 15.8 Å². The van der Waals surface area contributed by atoms with Gasteiger partial charge in [0, 0.05) is 27.9 Å². The first-order valence-electron chi connectivity index (χ1n) is 11.3. The zero-order chi connectivity index (χ0) is 26.0. The van der Waals surface area contributed by atoms with Gasteiger partial charge < -0.3 is 20.9 Å². The number of hydrogen-bond donors (Lipinski definition) is 3. The summed E-state index contributed by atoms with van der Waals surface area (Å²) in [5, 5.41) is 13.4. The lowest BCUT2D eigenvalue weighted by molar-refractivity contribution is -0.144. The molecule has 1 fully saturated rings. The minimum atomic E-state index is -1.14. The first kappa shape index (κ1) is 26.8. The number of carboxylic acid groups (broad SMARTS) is 1. The number of rotatable bonds is 9. The maximum atomic E-state index is 13.0. The van der Waals surface area contributed by atoms with Crippen molar-refractivity contribution in [2.24, 2.45) is 22.5 Å². The second-order valence-electron chi connectivity index (χ2n) is 9.75. The van der Waals surface area contributed by atoms with Gasteiger partial charge in [0.25, 0.3) is 0 Å². The Labute approximate surface area is 214 Å². The van der Waals surface area contributed by atoms with Crippen LogP contribution in [0.1, 0.15) is 44.7 Å². The van der Waals surface area contributed by atoms with Crippen molar-refractivity contribution in [3.63, 3.8) is 0 Å². The van der Waals surface area contributed by atoms with E-state index in [4.69, 9.17) is 33.7 Å². The van der Waals surface area contributed by atoms with E-state index < -0.39 is 34.7 Å². The summed E-state index contributed by atoms with van der Waals surface area (Å²) in [4.78, 5) is 37.0. The fraction of sp³-hybridized carbons (Fsp3) is 0.423. The summed E-state index contributed by atoms with van der Waals surface area (Å²) in [6, 6.07) is 11.0. The number of hydrogen-bond acceptors (Lipinski definition) is 4. The maximum absolute atomic E-state index is 13.0. The number of carbonyl (C=O) groups excluding carboxylic acids is 2. The first-order valence-corrected chi connectivity index (χ1v) is 12.1. The molecule has 2 amide bonds. The van der Waals surface area contributed by atoms with Crippen molar-refractivity contribution < 1.29 is 24.2 Å². The molecule has 9 heteroatoms. The molecule has 35 heavy (non-hydrogen) atoms. The smallest absolute Gasteiger partial charge is 0.326 e. The van der Waals surface area contributed by atoms with E-state index >= 15 is 0 Å². The number of carboxylic acids is 1. The molecule has 3 rings (SSSR count). The van der Waals surface area contributed by atoms with E-state index in [0.29, 0.717) is 39.8 Å². The van der Waals surface area contributed by atoms with E-state index in [-0.39, 0.29) is 18.9 Å². The van der Waals surface area contributed by atoms with Crippen molar-refractivity contribution in [1.82, 2.24) is 5.32 Å². The van der Waals surface area contributed by atoms with E-state index in [2.05, 4.69) is 5.32 Å². The predicted molar refractivity (Wildman–Crippen MR) is 134 cm³/mol. The largest absolute Gasteiger partial charge is 0.489 e. The Bertz CT molecular complexity index is 1100. The number of halogens is 2. The van der Waals surface area contributed by atoms with Crippen LogP contribution in [0.15, 0.2) is 42.5 Å². The Morgan fingerprint density at radius 2 is 1.71 bits per heavy atom. The second kappa shape index (κ2) is 10.5. The molecule has 0 spiro atoms. The molecule has 3 atom stereocenters. The topological polar surface area (TPSA) is 119 Å². The van der Waals surface area contributed by atoms with Gasteiger partial charge in [0.1, 0.15) is 18.4 Å². The molecule has 0 heterocycles. The molecule has 1 aliphatic carbocycles. The molecular formula is C26H30Cl2N2O5. The average Bonchev–Trinajstić information content (AvgIpc) is 3.03. The highest BCUT2D eigenvalue weighted by Crippen LogP contribution is 2.55. The highest BCUT2D eigenvalue weighted by Gasteiger charge is 2.57. The van der Waals surface area contributed by atoms with Crippen molar-refractivity contribution in [2.45, 2.75) is 52.7 Å². The Balaban J connectivity index is 1.64. The average molecular weight is 521 g/mol. The van der Waals surface area contributed by atoms with Crippen LogP contribution >= 0.6 is 23.2 Å². The zero-order valence-corrected chi connectivity index (χ0v) is 21.4. The van der Waals surface area contributed by atoms with E-state index in [1.807, 2.05) is 13.8 Å². The van der Waals surface area contributed by atoms with Crippen LogP contribution in [0.4, 0.5) is 0 Å². The SMILES string of the molecule is CC1(C)[C@H](C(=O)N[C@@H](Cc2ccc(OCc3c(Cl)cccc3Cl)cc2)C(=O)O)CC[C@]1(C)C(N)=O. The van der Waals surface area contributed by atoms with Gasteiger partial charge in [-0.15, -0.1) is 0 Å². The van der Waals surface area contributed by atoms with Crippen LogP contribution in [-0.4, -0.2) is 28.9 Å². The minimum absolute atomic E-state index is 0.0952. The van der Waals surface area contributed by atoms with Crippen LogP contribution in [0.25, 0.3) is 0 Å². The Morgan fingerprint density at radius 1 is 1.11 bits per heavy atom. The highest BCUT2D eigenvalue weighted by atomic mass is 35.5. The fourth-order valence-electron chi connectivity index (χ4n) is 4.66. The Kier molecular flexibility index (Phi) is 8.02. The molecule has 1 saturated carbocycles. The van der Waals surface area contributed by atoms with Gasteiger partial charge >= 0.3 is 5.97 Å². The van der Waals surface area contributed by atoms with Gasteiger partial charge in [-0.25, -0.2) is 4.79 Å². The summed E-state index contributed by atoms with van der Waals surface area (Å²) in [6.45, 7) is 5.62. The molecule has 0 bridgehead atoms. The third-order valence-electron chi connectivity index (χ3n) is 7.51. The zero-order valence-electron chi connectivity index (χ0n) is 19.9. The number of ether oxygens (including phenoxy) is 1. The number of benzene rings is 2. The van der Waals surface area contributed by atoms with Crippen LogP contribution in [0.3, 0.4) is 0 Å². The summed E-state index contributed by atoms with van der Waals surface area (Å²) in [6.07, 6.45) is 1.04. The van der Waals surface area contributed by atoms with Crippen LogP contribution in [0, 0.1) is 16.7 Å². The van der Waals surface area contributed by atoms with Crippen molar-refractivity contribution in [1.29, 1.82) is 0 Å². The van der Waals surface area contributed by atoms with Gasteiger partial charge in [0.2, 0.25) is 11.8 Å². The lowest BCUT2D eigenvalue weighted by atomic mass is 9.65. The van der Waals surface area contributed by atoms with Crippen molar-refractivity contribution in [3.8, 4) is 5.75 Å². The number of aliphatic carboxylic acids is 1. The van der Waals surface area contributed by atoms with Crippen LogP contribution in [0.2, 0.25) is 10.0 Å². The van der Waals surface area contributed by atoms with Gasteiger partial charge in [0.15, 0.2) is 0 Å². The molecule has 2 aromatic rings. The molecule has 4 N–H and O–H groups in total. The molecule has 2 aromatic carbocycles.